The minimum absolute atomic E-state index is 0. The number of ether oxygens (including phenoxy) is 1. The predicted molar refractivity (Wildman–Crippen MR) is 104 cm³/mol. The quantitative estimate of drug-likeness (QED) is 0.755. The van der Waals surface area contributed by atoms with Crippen LogP contribution in [-0.4, -0.2) is 26.1 Å². The molecule has 0 radical (unpaired) electrons. The molecule has 0 saturated heterocycles. The van der Waals surface area contributed by atoms with E-state index in [-0.39, 0.29) is 18.3 Å². The molecular formula is C20H25ClN2O2. The Bertz CT molecular complexity index is 687. The SMILES string of the molecule is COc1ccc(NC(=O)CNCC2CC2)cc1Cc1ccccc1.Cl. The molecule has 25 heavy (non-hydrogen) atoms. The van der Waals surface area contributed by atoms with Crippen molar-refractivity contribution in [2.24, 2.45) is 5.92 Å². The zero-order chi connectivity index (χ0) is 16.8. The standard InChI is InChI=1S/C20H24N2O2.ClH/c1-24-19-10-9-18(22-20(23)14-21-13-16-7-8-16)12-17(19)11-15-5-3-2-4-6-15;/h2-6,9-10,12,16,21H,7-8,11,13-14H2,1H3,(H,22,23);1H. The summed E-state index contributed by atoms with van der Waals surface area (Å²) >= 11 is 0. The van der Waals surface area contributed by atoms with Gasteiger partial charge in [-0.05, 0) is 49.1 Å². The summed E-state index contributed by atoms with van der Waals surface area (Å²) in [5, 5.41) is 6.16. The summed E-state index contributed by atoms with van der Waals surface area (Å²) in [5.74, 6) is 1.60. The summed E-state index contributed by atoms with van der Waals surface area (Å²) in [6.07, 6.45) is 3.35. The van der Waals surface area contributed by atoms with Gasteiger partial charge in [-0.3, -0.25) is 4.79 Å². The number of amides is 1. The highest BCUT2D eigenvalue weighted by Gasteiger charge is 2.20. The molecule has 0 bridgehead atoms. The van der Waals surface area contributed by atoms with E-state index in [0.717, 1.165) is 35.9 Å². The molecule has 0 unspecified atom stereocenters. The number of halogens is 1. The molecule has 5 heteroatoms. The van der Waals surface area contributed by atoms with E-state index in [4.69, 9.17) is 4.74 Å². The molecule has 0 aliphatic heterocycles. The van der Waals surface area contributed by atoms with E-state index in [0.29, 0.717) is 6.54 Å². The highest BCUT2D eigenvalue weighted by Crippen LogP contribution is 2.27. The highest BCUT2D eigenvalue weighted by molar-refractivity contribution is 5.92. The molecule has 1 saturated carbocycles. The number of hydrogen-bond acceptors (Lipinski definition) is 3. The van der Waals surface area contributed by atoms with Gasteiger partial charge in [0.15, 0.2) is 0 Å². The molecule has 0 atom stereocenters. The zero-order valence-corrected chi connectivity index (χ0v) is 15.3. The Morgan fingerprint density at radius 1 is 1.16 bits per heavy atom. The normalized spacial score (nSPS) is 13.0. The lowest BCUT2D eigenvalue weighted by Crippen LogP contribution is -2.29. The Morgan fingerprint density at radius 3 is 2.60 bits per heavy atom. The first-order valence-electron chi connectivity index (χ1n) is 8.46. The van der Waals surface area contributed by atoms with Gasteiger partial charge in [-0.2, -0.15) is 0 Å². The van der Waals surface area contributed by atoms with Gasteiger partial charge in [0.1, 0.15) is 5.75 Å². The van der Waals surface area contributed by atoms with Crippen molar-refractivity contribution in [1.29, 1.82) is 0 Å². The van der Waals surface area contributed by atoms with Gasteiger partial charge in [0.05, 0.1) is 13.7 Å². The van der Waals surface area contributed by atoms with Crippen molar-refractivity contribution < 1.29 is 9.53 Å². The molecule has 2 N–H and O–H groups in total. The number of methoxy groups -OCH3 is 1. The van der Waals surface area contributed by atoms with E-state index < -0.39 is 0 Å². The van der Waals surface area contributed by atoms with Gasteiger partial charge in [0.25, 0.3) is 0 Å². The second-order valence-corrected chi connectivity index (χ2v) is 6.31. The molecule has 1 amide bonds. The van der Waals surface area contributed by atoms with Crippen molar-refractivity contribution in [1.82, 2.24) is 5.32 Å². The van der Waals surface area contributed by atoms with Crippen LogP contribution < -0.4 is 15.4 Å². The monoisotopic (exact) mass is 360 g/mol. The Kier molecular flexibility index (Phi) is 7.29. The number of carbonyl (C=O) groups is 1. The van der Waals surface area contributed by atoms with Crippen LogP contribution >= 0.6 is 12.4 Å². The van der Waals surface area contributed by atoms with E-state index in [1.54, 1.807) is 7.11 Å². The van der Waals surface area contributed by atoms with E-state index in [9.17, 15) is 4.79 Å². The van der Waals surface area contributed by atoms with Gasteiger partial charge in [-0.1, -0.05) is 30.3 Å². The van der Waals surface area contributed by atoms with E-state index in [1.807, 2.05) is 36.4 Å². The zero-order valence-electron chi connectivity index (χ0n) is 14.5. The number of rotatable bonds is 8. The molecule has 2 aromatic rings. The molecule has 4 nitrogen and oxygen atoms in total. The Labute approximate surface area is 155 Å². The first-order chi connectivity index (χ1) is 11.7. The van der Waals surface area contributed by atoms with Crippen LogP contribution in [0.2, 0.25) is 0 Å². The highest BCUT2D eigenvalue weighted by atomic mass is 35.5. The Balaban J connectivity index is 0.00000225. The van der Waals surface area contributed by atoms with Crippen LogP contribution in [0.25, 0.3) is 0 Å². The molecule has 0 heterocycles. The summed E-state index contributed by atoms with van der Waals surface area (Å²) in [4.78, 5) is 12.0. The van der Waals surface area contributed by atoms with Gasteiger partial charge in [0, 0.05) is 17.7 Å². The van der Waals surface area contributed by atoms with Crippen molar-refractivity contribution in [3.8, 4) is 5.75 Å². The lowest BCUT2D eigenvalue weighted by molar-refractivity contribution is -0.115. The molecule has 1 aliphatic rings. The van der Waals surface area contributed by atoms with Crippen molar-refractivity contribution in [2.75, 3.05) is 25.5 Å². The van der Waals surface area contributed by atoms with Crippen molar-refractivity contribution in [3.63, 3.8) is 0 Å². The van der Waals surface area contributed by atoms with Gasteiger partial charge in [-0.15, -0.1) is 12.4 Å². The summed E-state index contributed by atoms with van der Waals surface area (Å²) < 4.78 is 5.45. The number of hydrogen-bond donors (Lipinski definition) is 2. The first kappa shape index (κ1) is 19.3. The fourth-order valence-corrected chi connectivity index (χ4v) is 2.73. The van der Waals surface area contributed by atoms with Gasteiger partial charge >= 0.3 is 0 Å². The molecule has 3 rings (SSSR count). The first-order valence-corrected chi connectivity index (χ1v) is 8.46. The van der Waals surface area contributed by atoms with E-state index in [2.05, 4.69) is 22.8 Å². The summed E-state index contributed by atoms with van der Waals surface area (Å²) in [5.41, 5.74) is 3.08. The third-order valence-electron chi connectivity index (χ3n) is 4.22. The fourth-order valence-electron chi connectivity index (χ4n) is 2.73. The van der Waals surface area contributed by atoms with Gasteiger partial charge in [0.2, 0.25) is 5.91 Å². The van der Waals surface area contributed by atoms with Crippen LogP contribution in [0.4, 0.5) is 5.69 Å². The van der Waals surface area contributed by atoms with Crippen molar-refractivity contribution >= 4 is 24.0 Å². The smallest absolute Gasteiger partial charge is 0.238 e. The molecular weight excluding hydrogens is 336 g/mol. The second-order valence-electron chi connectivity index (χ2n) is 6.31. The molecule has 1 fully saturated rings. The number of nitrogens with one attached hydrogen (secondary N) is 2. The molecule has 0 aromatic heterocycles. The molecule has 0 spiro atoms. The summed E-state index contributed by atoms with van der Waals surface area (Å²) in [7, 11) is 1.67. The van der Waals surface area contributed by atoms with Crippen LogP contribution in [0.15, 0.2) is 48.5 Å². The number of anilines is 1. The Hall–Kier alpha value is -2.04. The van der Waals surface area contributed by atoms with Crippen molar-refractivity contribution in [2.45, 2.75) is 19.3 Å². The van der Waals surface area contributed by atoms with E-state index in [1.165, 1.54) is 18.4 Å². The number of carbonyl (C=O) groups excluding carboxylic acids is 1. The molecule has 134 valence electrons. The Morgan fingerprint density at radius 2 is 1.92 bits per heavy atom. The van der Waals surface area contributed by atoms with Crippen molar-refractivity contribution in [3.05, 3.63) is 59.7 Å². The fraction of sp³-hybridized carbons (Fsp3) is 0.350. The third-order valence-corrected chi connectivity index (χ3v) is 4.22. The molecule has 1 aliphatic carbocycles. The topological polar surface area (TPSA) is 50.4 Å². The third kappa shape index (κ3) is 6.07. The average molecular weight is 361 g/mol. The lowest BCUT2D eigenvalue weighted by Gasteiger charge is -2.12. The average Bonchev–Trinajstić information content (AvgIpc) is 3.40. The van der Waals surface area contributed by atoms with Crippen LogP contribution in [0, 0.1) is 5.92 Å². The number of benzene rings is 2. The second kappa shape index (κ2) is 9.44. The van der Waals surface area contributed by atoms with E-state index >= 15 is 0 Å². The molecule has 2 aromatic carbocycles. The van der Waals surface area contributed by atoms with Gasteiger partial charge in [-0.25, -0.2) is 0 Å². The lowest BCUT2D eigenvalue weighted by atomic mass is 10.0. The van der Waals surface area contributed by atoms with Gasteiger partial charge < -0.3 is 15.4 Å². The van der Waals surface area contributed by atoms with Crippen LogP contribution in [0.1, 0.15) is 24.0 Å². The van der Waals surface area contributed by atoms with Crippen LogP contribution in [0.3, 0.4) is 0 Å². The maximum atomic E-state index is 12.0. The summed E-state index contributed by atoms with van der Waals surface area (Å²) in [6, 6.07) is 16.0. The maximum Gasteiger partial charge on any atom is 0.238 e. The minimum atomic E-state index is -0.00789. The largest absolute Gasteiger partial charge is 0.496 e. The maximum absolute atomic E-state index is 12.0. The van der Waals surface area contributed by atoms with Crippen LogP contribution in [0.5, 0.6) is 5.75 Å². The minimum Gasteiger partial charge on any atom is -0.496 e. The summed E-state index contributed by atoms with van der Waals surface area (Å²) in [6.45, 7) is 1.30. The predicted octanol–water partition coefficient (Wildman–Crippen LogP) is 3.65. The van der Waals surface area contributed by atoms with Crippen LogP contribution in [-0.2, 0) is 11.2 Å².